The maximum atomic E-state index is 11.7. The van der Waals surface area contributed by atoms with Crippen LogP contribution in [0.3, 0.4) is 0 Å². The molecule has 2 rings (SSSR count). The van der Waals surface area contributed by atoms with Crippen LogP contribution in [-0.4, -0.2) is 34.9 Å². The van der Waals surface area contributed by atoms with E-state index in [0.29, 0.717) is 5.82 Å². The van der Waals surface area contributed by atoms with Crippen molar-refractivity contribution >= 4 is 29.4 Å². The number of nitrogens with zero attached hydrogens (tertiary/aromatic N) is 2. The molecule has 2 amide bonds. The van der Waals surface area contributed by atoms with Gasteiger partial charge >= 0.3 is 6.09 Å². The van der Waals surface area contributed by atoms with E-state index in [1.54, 1.807) is 39.0 Å². The van der Waals surface area contributed by atoms with Crippen molar-refractivity contribution in [2.45, 2.75) is 32.8 Å². The van der Waals surface area contributed by atoms with Gasteiger partial charge in [0.1, 0.15) is 17.2 Å². The molecule has 0 unspecified atom stereocenters. The third-order valence-corrected chi connectivity index (χ3v) is 2.62. The number of amides is 2. The van der Waals surface area contributed by atoms with Gasteiger partial charge in [0.15, 0.2) is 5.78 Å². The molecule has 0 spiro atoms. The average Bonchev–Trinajstić information content (AvgIpc) is 2.66. The molecule has 2 heterocycles. The van der Waals surface area contributed by atoms with Crippen molar-refractivity contribution in [2.24, 2.45) is 0 Å². The highest BCUT2D eigenvalue weighted by atomic mass is 16.6. The Morgan fingerprint density at radius 2 is 2.05 bits per heavy atom. The number of anilines is 2. The van der Waals surface area contributed by atoms with Crippen molar-refractivity contribution in [3.8, 4) is 0 Å². The summed E-state index contributed by atoms with van der Waals surface area (Å²) in [6.07, 6.45) is -0.734. The predicted octanol–water partition coefficient (Wildman–Crippen LogP) is 1.73. The monoisotopic (exact) mass is 291 g/mol. The molecule has 0 aliphatic carbocycles. The van der Waals surface area contributed by atoms with Crippen molar-refractivity contribution in [2.75, 3.05) is 16.8 Å². The number of aromatic nitrogens is 1. The first-order valence-electron chi connectivity index (χ1n) is 6.54. The largest absolute Gasteiger partial charge is 0.444 e. The number of hydrogen-bond acceptors (Lipinski definition) is 5. The molecule has 1 fully saturated rings. The Balaban J connectivity index is 2.10. The summed E-state index contributed by atoms with van der Waals surface area (Å²) in [5, 5.41) is 2.49. The Morgan fingerprint density at radius 3 is 2.62 bits per heavy atom. The number of ether oxygens (including phenoxy) is 1. The lowest BCUT2D eigenvalue weighted by Crippen LogP contribution is -2.28. The highest BCUT2D eigenvalue weighted by Crippen LogP contribution is 2.19. The third-order valence-electron chi connectivity index (χ3n) is 2.62. The fourth-order valence-corrected chi connectivity index (χ4v) is 1.84. The Bertz CT molecular complexity index is 592. The number of hydrogen-bond donors (Lipinski definition) is 1. The minimum Gasteiger partial charge on any atom is -0.444 e. The van der Waals surface area contributed by atoms with Crippen LogP contribution < -0.4 is 10.2 Å². The second-order valence-corrected chi connectivity index (χ2v) is 5.70. The second kappa shape index (κ2) is 5.51. The van der Waals surface area contributed by atoms with Crippen LogP contribution in [0.15, 0.2) is 18.2 Å². The van der Waals surface area contributed by atoms with Gasteiger partial charge in [-0.25, -0.2) is 9.78 Å². The lowest BCUT2D eigenvalue weighted by molar-refractivity contribution is -0.121. The van der Waals surface area contributed by atoms with E-state index in [2.05, 4.69) is 10.3 Å². The number of Topliss-reactive ketones (excluding diaryl/α,β-unsaturated/α-hetero) is 1. The zero-order valence-electron chi connectivity index (χ0n) is 12.2. The number of nitrogens with one attached hydrogen (secondary N) is 1. The Kier molecular flexibility index (Phi) is 3.93. The van der Waals surface area contributed by atoms with E-state index in [-0.39, 0.29) is 30.5 Å². The van der Waals surface area contributed by atoms with Gasteiger partial charge in [0.2, 0.25) is 5.91 Å². The standard InChI is InChI=1S/C14H17N3O4/c1-14(2,3)21-13(20)16-10-5-4-6-11(15-10)17-8-9(18)7-12(17)19/h4-6H,7-8H2,1-3H3,(H,15,16,20). The molecule has 7 nitrogen and oxygen atoms in total. The van der Waals surface area contributed by atoms with E-state index in [1.807, 2.05) is 0 Å². The van der Waals surface area contributed by atoms with Crippen LogP contribution in [0.2, 0.25) is 0 Å². The molecule has 1 aromatic rings. The number of rotatable bonds is 2. The molecule has 1 saturated heterocycles. The molecule has 1 N–H and O–H groups in total. The number of pyridine rings is 1. The molecule has 21 heavy (non-hydrogen) atoms. The first-order chi connectivity index (χ1) is 9.74. The van der Waals surface area contributed by atoms with Gasteiger partial charge in [0.05, 0.1) is 13.0 Å². The van der Waals surface area contributed by atoms with Gasteiger partial charge in [-0.05, 0) is 32.9 Å². The second-order valence-electron chi connectivity index (χ2n) is 5.70. The number of carbonyl (C=O) groups excluding carboxylic acids is 3. The van der Waals surface area contributed by atoms with Crippen LogP contribution in [0, 0.1) is 0 Å². The van der Waals surface area contributed by atoms with Gasteiger partial charge in [-0.1, -0.05) is 6.07 Å². The molecule has 1 aliphatic heterocycles. The summed E-state index contributed by atoms with van der Waals surface area (Å²) >= 11 is 0. The lowest BCUT2D eigenvalue weighted by atomic mass is 10.2. The van der Waals surface area contributed by atoms with Crippen LogP contribution in [-0.2, 0) is 14.3 Å². The van der Waals surface area contributed by atoms with E-state index in [0.717, 1.165) is 0 Å². The quantitative estimate of drug-likeness (QED) is 0.838. The molecule has 1 aromatic heterocycles. The zero-order valence-corrected chi connectivity index (χ0v) is 12.2. The molecule has 0 aromatic carbocycles. The maximum Gasteiger partial charge on any atom is 0.413 e. The van der Waals surface area contributed by atoms with Gasteiger partial charge in [-0.2, -0.15) is 0 Å². The molecule has 1 aliphatic rings. The Labute approximate surface area is 122 Å². The minimum atomic E-state index is -0.629. The fraction of sp³-hybridized carbons (Fsp3) is 0.429. The smallest absolute Gasteiger partial charge is 0.413 e. The topological polar surface area (TPSA) is 88.6 Å². The molecule has 0 radical (unpaired) electrons. The first-order valence-corrected chi connectivity index (χ1v) is 6.54. The average molecular weight is 291 g/mol. The number of ketones is 1. The van der Waals surface area contributed by atoms with Crippen LogP contribution in [0.1, 0.15) is 27.2 Å². The van der Waals surface area contributed by atoms with Crippen molar-refractivity contribution in [1.82, 2.24) is 4.98 Å². The highest BCUT2D eigenvalue weighted by Gasteiger charge is 2.29. The van der Waals surface area contributed by atoms with Crippen molar-refractivity contribution in [1.29, 1.82) is 0 Å². The summed E-state index contributed by atoms with van der Waals surface area (Å²) in [6, 6.07) is 4.83. The molecule has 0 atom stereocenters. The minimum absolute atomic E-state index is 0.0156. The summed E-state index contributed by atoms with van der Waals surface area (Å²) in [5.74, 6) is 0.155. The lowest BCUT2D eigenvalue weighted by Gasteiger charge is -2.20. The molecule has 7 heteroatoms. The molecular formula is C14H17N3O4. The fourth-order valence-electron chi connectivity index (χ4n) is 1.84. The van der Waals surface area contributed by atoms with Crippen LogP contribution >= 0.6 is 0 Å². The molecule has 0 saturated carbocycles. The van der Waals surface area contributed by atoms with Crippen LogP contribution in [0.25, 0.3) is 0 Å². The van der Waals surface area contributed by atoms with Crippen LogP contribution in [0.5, 0.6) is 0 Å². The van der Waals surface area contributed by atoms with Gasteiger partial charge < -0.3 is 4.74 Å². The van der Waals surface area contributed by atoms with Crippen molar-refractivity contribution in [3.05, 3.63) is 18.2 Å². The third kappa shape index (κ3) is 4.01. The zero-order chi connectivity index (χ0) is 15.6. The molecular weight excluding hydrogens is 274 g/mol. The number of carbonyl (C=O) groups is 3. The van der Waals surface area contributed by atoms with E-state index in [1.165, 1.54) is 4.90 Å². The van der Waals surface area contributed by atoms with E-state index in [9.17, 15) is 14.4 Å². The normalized spacial score (nSPS) is 15.3. The SMILES string of the molecule is CC(C)(C)OC(=O)Nc1cccc(N2CC(=O)CC2=O)n1. The molecule has 112 valence electrons. The first kappa shape index (κ1) is 15.0. The summed E-state index contributed by atoms with van der Waals surface area (Å²) in [4.78, 5) is 40.0. The van der Waals surface area contributed by atoms with Gasteiger partial charge in [-0.15, -0.1) is 0 Å². The van der Waals surface area contributed by atoms with Crippen molar-refractivity contribution < 1.29 is 19.1 Å². The van der Waals surface area contributed by atoms with Gasteiger partial charge in [0.25, 0.3) is 0 Å². The summed E-state index contributed by atoms with van der Waals surface area (Å²) < 4.78 is 5.12. The Morgan fingerprint density at radius 1 is 1.33 bits per heavy atom. The predicted molar refractivity (Wildman–Crippen MR) is 76.1 cm³/mol. The maximum absolute atomic E-state index is 11.7. The van der Waals surface area contributed by atoms with Crippen molar-refractivity contribution in [3.63, 3.8) is 0 Å². The van der Waals surface area contributed by atoms with Crippen LogP contribution in [0.4, 0.5) is 16.4 Å². The van der Waals surface area contributed by atoms with E-state index < -0.39 is 11.7 Å². The highest BCUT2D eigenvalue weighted by molar-refractivity contribution is 6.14. The summed E-state index contributed by atoms with van der Waals surface area (Å²) in [7, 11) is 0. The van der Waals surface area contributed by atoms with E-state index in [4.69, 9.17) is 4.74 Å². The van der Waals surface area contributed by atoms with Gasteiger partial charge in [0, 0.05) is 0 Å². The summed E-state index contributed by atoms with van der Waals surface area (Å²) in [6.45, 7) is 5.28. The van der Waals surface area contributed by atoms with Gasteiger partial charge in [-0.3, -0.25) is 19.8 Å². The summed E-state index contributed by atoms with van der Waals surface area (Å²) in [5.41, 5.74) is -0.612. The molecule has 0 bridgehead atoms. The van der Waals surface area contributed by atoms with E-state index >= 15 is 0 Å². The Hall–Kier alpha value is -2.44.